The lowest BCUT2D eigenvalue weighted by Crippen LogP contribution is -2.38. The summed E-state index contributed by atoms with van der Waals surface area (Å²) in [5.41, 5.74) is 2.72. The van der Waals surface area contributed by atoms with Gasteiger partial charge in [0.15, 0.2) is 6.23 Å². The summed E-state index contributed by atoms with van der Waals surface area (Å²) in [6.45, 7) is 2.01. The van der Waals surface area contributed by atoms with Gasteiger partial charge in [0.1, 0.15) is 6.26 Å². The second-order valence-corrected chi connectivity index (χ2v) is 2.13. The maximum absolute atomic E-state index is 9.25. The average molecular weight is 144 g/mol. The SMILES string of the molecule is CCCC(O)N1NC=CO1. The number of aliphatic hydroxyl groups is 1. The third kappa shape index (κ3) is 1.62. The summed E-state index contributed by atoms with van der Waals surface area (Å²) in [6.07, 6.45) is 4.19. The molecule has 0 saturated heterocycles. The van der Waals surface area contributed by atoms with Crippen LogP contribution in [0.3, 0.4) is 0 Å². The summed E-state index contributed by atoms with van der Waals surface area (Å²) in [7, 11) is 0. The van der Waals surface area contributed by atoms with Crippen LogP contribution in [0.15, 0.2) is 12.5 Å². The van der Waals surface area contributed by atoms with Gasteiger partial charge in [-0.1, -0.05) is 13.3 Å². The van der Waals surface area contributed by atoms with Gasteiger partial charge in [-0.05, 0) is 11.6 Å². The lowest BCUT2D eigenvalue weighted by atomic mass is 10.3. The molecular formula is C6H12N2O2. The Bertz CT molecular complexity index is 119. The normalized spacial score (nSPS) is 20.2. The predicted octanol–water partition coefficient (Wildman–Crippen LogP) is 0.328. The van der Waals surface area contributed by atoms with Crippen molar-refractivity contribution >= 4 is 0 Å². The van der Waals surface area contributed by atoms with Crippen LogP contribution in [0.1, 0.15) is 19.8 Å². The van der Waals surface area contributed by atoms with Crippen molar-refractivity contribution in [2.45, 2.75) is 26.0 Å². The number of hydrogen-bond acceptors (Lipinski definition) is 4. The summed E-state index contributed by atoms with van der Waals surface area (Å²) in [4.78, 5) is 4.86. The predicted molar refractivity (Wildman–Crippen MR) is 36.1 cm³/mol. The van der Waals surface area contributed by atoms with Gasteiger partial charge in [0.05, 0.1) is 6.20 Å². The van der Waals surface area contributed by atoms with Crippen LogP contribution in [-0.4, -0.2) is 16.5 Å². The Hall–Kier alpha value is -0.740. The fourth-order valence-electron chi connectivity index (χ4n) is 0.762. The average Bonchev–Trinajstić information content (AvgIpc) is 2.38. The van der Waals surface area contributed by atoms with E-state index in [0.717, 1.165) is 6.42 Å². The third-order valence-electron chi connectivity index (χ3n) is 1.26. The van der Waals surface area contributed by atoms with Crippen LogP contribution in [0, 0.1) is 0 Å². The fourth-order valence-corrected chi connectivity index (χ4v) is 0.762. The summed E-state index contributed by atoms with van der Waals surface area (Å²) >= 11 is 0. The van der Waals surface area contributed by atoms with E-state index in [1.54, 1.807) is 6.20 Å². The van der Waals surface area contributed by atoms with Crippen molar-refractivity contribution < 1.29 is 9.94 Å². The molecule has 1 aliphatic rings. The van der Waals surface area contributed by atoms with Crippen molar-refractivity contribution in [3.8, 4) is 0 Å². The lowest BCUT2D eigenvalue weighted by Gasteiger charge is -2.19. The van der Waals surface area contributed by atoms with E-state index < -0.39 is 6.23 Å². The number of nitrogens with one attached hydrogen (secondary N) is 1. The Morgan fingerprint density at radius 1 is 1.80 bits per heavy atom. The monoisotopic (exact) mass is 144 g/mol. The van der Waals surface area contributed by atoms with Gasteiger partial charge < -0.3 is 9.94 Å². The standard InChI is InChI=1S/C6H12N2O2/c1-2-3-6(9)8-7-4-5-10-8/h4-7,9H,2-3H2,1H3. The zero-order valence-corrected chi connectivity index (χ0v) is 5.95. The van der Waals surface area contributed by atoms with Crippen molar-refractivity contribution in [1.29, 1.82) is 0 Å². The van der Waals surface area contributed by atoms with Crippen molar-refractivity contribution in [3.63, 3.8) is 0 Å². The molecule has 0 spiro atoms. The summed E-state index contributed by atoms with van der Waals surface area (Å²) < 4.78 is 0. The molecule has 0 aliphatic carbocycles. The molecule has 58 valence electrons. The number of nitrogens with zero attached hydrogens (tertiary/aromatic N) is 1. The summed E-state index contributed by atoms with van der Waals surface area (Å²) in [6, 6.07) is 0. The smallest absolute Gasteiger partial charge is 0.161 e. The molecule has 0 amide bonds. The van der Waals surface area contributed by atoms with E-state index in [-0.39, 0.29) is 0 Å². The first-order valence-corrected chi connectivity index (χ1v) is 3.40. The summed E-state index contributed by atoms with van der Waals surface area (Å²) in [5.74, 6) is 0. The van der Waals surface area contributed by atoms with Gasteiger partial charge in [-0.15, -0.1) is 0 Å². The Labute approximate surface area is 60.0 Å². The minimum Gasteiger partial charge on any atom is -0.390 e. The second-order valence-electron chi connectivity index (χ2n) is 2.13. The first-order valence-electron chi connectivity index (χ1n) is 3.40. The van der Waals surface area contributed by atoms with Crippen molar-refractivity contribution in [2.24, 2.45) is 0 Å². The van der Waals surface area contributed by atoms with Crippen LogP contribution in [0.25, 0.3) is 0 Å². The number of aliphatic hydroxyl groups excluding tert-OH is 1. The van der Waals surface area contributed by atoms with Crippen LogP contribution in [0.2, 0.25) is 0 Å². The molecule has 0 aromatic heterocycles. The Morgan fingerprint density at radius 2 is 2.60 bits per heavy atom. The molecule has 1 rings (SSSR count). The molecule has 0 aromatic carbocycles. The van der Waals surface area contributed by atoms with E-state index in [9.17, 15) is 5.11 Å². The molecule has 10 heavy (non-hydrogen) atoms. The van der Waals surface area contributed by atoms with Gasteiger partial charge in [0.2, 0.25) is 0 Å². The fraction of sp³-hybridized carbons (Fsp3) is 0.667. The van der Waals surface area contributed by atoms with Crippen LogP contribution in [0.5, 0.6) is 0 Å². The minimum atomic E-state index is -0.556. The molecule has 0 aromatic rings. The molecule has 1 heterocycles. The molecule has 0 radical (unpaired) electrons. The molecule has 0 bridgehead atoms. The molecule has 1 atom stereocenters. The van der Waals surface area contributed by atoms with Gasteiger partial charge in [0, 0.05) is 0 Å². The van der Waals surface area contributed by atoms with Crippen LogP contribution < -0.4 is 5.43 Å². The molecule has 4 heteroatoms. The van der Waals surface area contributed by atoms with Crippen LogP contribution in [0.4, 0.5) is 0 Å². The molecule has 1 aliphatic heterocycles. The van der Waals surface area contributed by atoms with E-state index in [2.05, 4.69) is 5.43 Å². The molecule has 2 N–H and O–H groups in total. The molecule has 1 unspecified atom stereocenters. The van der Waals surface area contributed by atoms with Crippen LogP contribution >= 0.6 is 0 Å². The lowest BCUT2D eigenvalue weighted by molar-refractivity contribution is -0.213. The Morgan fingerprint density at radius 3 is 3.10 bits per heavy atom. The van der Waals surface area contributed by atoms with E-state index in [1.807, 2.05) is 6.92 Å². The first kappa shape index (κ1) is 7.37. The maximum atomic E-state index is 9.25. The molecular weight excluding hydrogens is 132 g/mol. The highest BCUT2D eigenvalue weighted by atomic mass is 16.7. The van der Waals surface area contributed by atoms with Gasteiger partial charge in [-0.3, -0.25) is 5.43 Å². The van der Waals surface area contributed by atoms with Crippen molar-refractivity contribution in [1.82, 2.24) is 10.6 Å². The van der Waals surface area contributed by atoms with Gasteiger partial charge >= 0.3 is 0 Å². The highest BCUT2D eigenvalue weighted by molar-refractivity contribution is 4.73. The number of hydrogen-bond donors (Lipinski definition) is 2. The van der Waals surface area contributed by atoms with Crippen molar-refractivity contribution in [3.05, 3.63) is 12.5 Å². The third-order valence-corrected chi connectivity index (χ3v) is 1.26. The maximum Gasteiger partial charge on any atom is 0.161 e. The van der Waals surface area contributed by atoms with E-state index in [0.29, 0.717) is 6.42 Å². The molecule has 0 fully saturated rings. The Kier molecular flexibility index (Phi) is 2.53. The Balaban J connectivity index is 2.21. The first-order chi connectivity index (χ1) is 4.84. The highest BCUT2D eigenvalue weighted by Crippen LogP contribution is 2.04. The number of hydroxylamine groups is 1. The van der Waals surface area contributed by atoms with Gasteiger partial charge in [-0.2, -0.15) is 0 Å². The van der Waals surface area contributed by atoms with E-state index >= 15 is 0 Å². The highest BCUT2D eigenvalue weighted by Gasteiger charge is 2.16. The second kappa shape index (κ2) is 3.43. The van der Waals surface area contributed by atoms with E-state index in [4.69, 9.17) is 4.84 Å². The topological polar surface area (TPSA) is 44.7 Å². The summed E-state index contributed by atoms with van der Waals surface area (Å²) in [5, 5.41) is 10.6. The van der Waals surface area contributed by atoms with Gasteiger partial charge in [-0.25, -0.2) is 0 Å². The molecule has 0 saturated carbocycles. The van der Waals surface area contributed by atoms with Crippen molar-refractivity contribution in [2.75, 3.05) is 0 Å². The van der Waals surface area contributed by atoms with Crippen LogP contribution in [-0.2, 0) is 4.84 Å². The number of rotatable bonds is 3. The zero-order valence-electron chi connectivity index (χ0n) is 5.95. The quantitative estimate of drug-likeness (QED) is 0.599. The largest absolute Gasteiger partial charge is 0.390 e. The van der Waals surface area contributed by atoms with Gasteiger partial charge in [0.25, 0.3) is 0 Å². The zero-order chi connectivity index (χ0) is 7.40. The number of hydrazine groups is 1. The van der Waals surface area contributed by atoms with E-state index in [1.165, 1.54) is 11.4 Å². The minimum absolute atomic E-state index is 0.556. The molecule has 4 nitrogen and oxygen atoms in total.